The van der Waals surface area contributed by atoms with E-state index in [0.717, 1.165) is 26.2 Å². The van der Waals surface area contributed by atoms with Gasteiger partial charge in [0.2, 0.25) is 5.82 Å². The number of carbonyl (C=O) groups is 1. The molecule has 0 aromatic carbocycles. The lowest BCUT2D eigenvalue weighted by Gasteiger charge is -2.31. The highest BCUT2D eigenvalue weighted by Gasteiger charge is 2.17. The van der Waals surface area contributed by atoms with Gasteiger partial charge in [0.15, 0.2) is 0 Å². The minimum Gasteiger partial charge on any atom is -0.304 e. The molecule has 15 heavy (non-hydrogen) atoms. The molecule has 1 aliphatic heterocycles. The highest BCUT2D eigenvalue weighted by molar-refractivity contribution is 5.89. The predicted molar refractivity (Wildman–Crippen MR) is 52.9 cm³/mol. The molecule has 1 fully saturated rings. The van der Waals surface area contributed by atoms with Gasteiger partial charge in [-0.2, -0.15) is 5.10 Å². The second kappa shape index (κ2) is 4.37. The molecule has 2 rings (SSSR count). The van der Waals surface area contributed by atoms with Crippen molar-refractivity contribution < 1.29 is 4.79 Å². The van der Waals surface area contributed by atoms with Gasteiger partial charge in [-0.3, -0.25) is 15.3 Å². The van der Waals surface area contributed by atoms with E-state index in [9.17, 15) is 4.79 Å². The van der Waals surface area contributed by atoms with Crippen molar-refractivity contribution in [1.29, 1.82) is 0 Å². The summed E-state index contributed by atoms with van der Waals surface area (Å²) in [5.74, 6) is 0.00554. The first-order chi connectivity index (χ1) is 7.25. The van der Waals surface area contributed by atoms with Crippen molar-refractivity contribution in [1.82, 2.24) is 30.5 Å². The first-order valence-electron chi connectivity index (χ1n) is 4.85. The molecule has 2 heterocycles. The number of nitrogens with zero attached hydrogens (tertiary/aromatic N) is 4. The Bertz CT molecular complexity index is 316. The van der Waals surface area contributed by atoms with Gasteiger partial charge in [-0.15, -0.1) is 0 Å². The van der Waals surface area contributed by atoms with Crippen LogP contribution in [0.15, 0.2) is 6.33 Å². The number of likely N-dealkylation sites (N-methyl/N-ethyl adjacent to an activating group) is 1. The molecule has 1 saturated heterocycles. The first kappa shape index (κ1) is 10.1. The first-order valence-corrected chi connectivity index (χ1v) is 4.85. The molecule has 1 aliphatic rings. The van der Waals surface area contributed by atoms with Crippen molar-refractivity contribution in [3.8, 4) is 0 Å². The molecule has 0 unspecified atom stereocenters. The van der Waals surface area contributed by atoms with Crippen LogP contribution in [0.2, 0.25) is 0 Å². The zero-order valence-electron chi connectivity index (χ0n) is 8.60. The summed E-state index contributed by atoms with van der Waals surface area (Å²) in [5.41, 5.74) is 2.78. The maximum absolute atomic E-state index is 11.6. The van der Waals surface area contributed by atoms with Crippen molar-refractivity contribution in [2.24, 2.45) is 0 Å². The third-order valence-corrected chi connectivity index (χ3v) is 2.39. The number of hydrogen-bond donors (Lipinski definition) is 2. The van der Waals surface area contributed by atoms with Crippen LogP contribution in [0.3, 0.4) is 0 Å². The van der Waals surface area contributed by atoms with Gasteiger partial charge in [-0.25, -0.2) is 9.99 Å². The number of aromatic amines is 1. The fourth-order valence-electron chi connectivity index (χ4n) is 1.43. The summed E-state index contributed by atoms with van der Waals surface area (Å²) < 4.78 is 0. The molecular formula is C8H14N6O. The van der Waals surface area contributed by atoms with Crippen molar-refractivity contribution in [3.05, 3.63) is 12.2 Å². The molecule has 0 saturated carbocycles. The van der Waals surface area contributed by atoms with E-state index in [1.807, 2.05) is 5.01 Å². The highest BCUT2D eigenvalue weighted by atomic mass is 16.2. The van der Waals surface area contributed by atoms with Crippen LogP contribution in [0, 0.1) is 0 Å². The average molecular weight is 210 g/mol. The predicted octanol–water partition coefficient (Wildman–Crippen LogP) is -1.30. The SMILES string of the molecule is CN1CCN(NC(=O)c2ncn[nH]2)CC1. The number of H-pyrrole nitrogens is 1. The van der Waals surface area contributed by atoms with E-state index in [-0.39, 0.29) is 11.7 Å². The quantitative estimate of drug-likeness (QED) is 0.634. The second-order valence-corrected chi connectivity index (χ2v) is 3.57. The van der Waals surface area contributed by atoms with Crippen molar-refractivity contribution in [2.45, 2.75) is 0 Å². The monoisotopic (exact) mass is 210 g/mol. The van der Waals surface area contributed by atoms with E-state index >= 15 is 0 Å². The maximum atomic E-state index is 11.6. The molecule has 7 heteroatoms. The van der Waals surface area contributed by atoms with Crippen LogP contribution in [0.4, 0.5) is 0 Å². The molecule has 1 amide bonds. The summed E-state index contributed by atoms with van der Waals surface area (Å²) in [7, 11) is 2.07. The molecule has 0 atom stereocenters. The van der Waals surface area contributed by atoms with Gasteiger partial charge >= 0.3 is 5.91 Å². The Morgan fingerprint density at radius 1 is 1.47 bits per heavy atom. The van der Waals surface area contributed by atoms with Gasteiger partial charge in [0.25, 0.3) is 0 Å². The largest absolute Gasteiger partial charge is 0.304 e. The fraction of sp³-hybridized carbons (Fsp3) is 0.625. The van der Waals surface area contributed by atoms with Gasteiger partial charge in [0.05, 0.1) is 0 Å². The van der Waals surface area contributed by atoms with Gasteiger partial charge < -0.3 is 4.90 Å². The number of rotatable bonds is 2. The second-order valence-electron chi connectivity index (χ2n) is 3.57. The van der Waals surface area contributed by atoms with Crippen molar-refractivity contribution >= 4 is 5.91 Å². The lowest BCUT2D eigenvalue weighted by molar-refractivity contribution is 0.0653. The maximum Gasteiger partial charge on any atom is 0.302 e. The van der Waals surface area contributed by atoms with Crippen LogP contribution in [0.1, 0.15) is 10.6 Å². The van der Waals surface area contributed by atoms with Gasteiger partial charge in [-0.05, 0) is 7.05 Å². The molecule has 82 valence electrons. The summed E-state index contributed by atoms with van der Waals surface area (Å²) >= 11 is 0. The van der Waals surface area contributed by atoms with Gasteiger partial charge in [0, 0.05) is 26.2 Å². The van der Waals surface area contributed by atoms with E-state index in [1.54, 1.807) is 0 Å². The van der Waals surface area contributed by atoms with E-state index in [2.05, 4.69) is 32.6 Å². The standard InChI is InChI=1S/C8H14N6O/c1-13-2-4-14(5-3-13)12-8(15)7-9-6-10-11-7/h6H,2-5H2,1H3,(H,12,15)(H,9,10,11). The van der Waals surface area contributed by atoms with Crippen LogP contribution < -0.4 is 5.43 Å². The Morgan fingerprint density at radius 2 is 2.20 bits per heavy atom. The Kier molecular flexibility index (Phi) is 2.93. The molecule has 0 aliphatic carbocycles. The summed E-state index contributed by atoms with van der Waals surface area (Å²) in [6, 6.07) is 0. The minimum atomic E-state index is -0.239. The normalized spacial score (nSPS) is 19.0. The molecular weight excluding hydrogens is 196 g/mol. The van der Waals surface area contributed by atoms with Crippen LogP contribution in [0.5, 0.6) is 0 Å². The number of piperazine rings is 1. The van der Waals surface area contributed by atoms with Gasteiger partial charge in [0.1, 0.15) is 6.33 Å². The summed E-state index contributed by atoms with van der Waals surface area (Å²) in [4.78, 5) is 17.6. The number of carbonyl (C=O) groups excluding carboxylic acids is 1. The molecule has 0 spiro atoms. The number of amides is 1. The Balaban J connectivity index is 1.85. The van der Waals surface area contributed by atoms with Crippen LogP contribution in [-0.4, -0.2) is 64.2 Å². The number of aromatic nitrogens is 3. The smallest absolute Gasteiger partial charge is 0.302 e. The minimum absolute atomic E-state index is 0.239. The van der Waals surface area contributed by atoms with Crippen LogP contribution in [0.25, 0.3) is 0 Å². The van der Waals surface area contributed by atoms with Crippen molar-refractivity contribution in [3.63, 3.8) is 0 Å². The Hall–Kier alpha value is -1.47. The number of hydrazine groups is 1. The van der Waals surface area contributed by atoms with E-state index < -0.39 is 0 Å². The number of nitrogens with one attached hydrogen (secondary N) is 2. The molecule has 1 aromatic rings. The third kappa shape index (κ3) is 2.51. The average Bonchev–Trinajstić information content (AvgIpc) is 2.74. The van der Waals surface area contributed by atoms with E-state index in [0.29, 0.717) is 0 Å². The van der Waals surface area contributed by atoms with E-state index in [4.69, 9.17) is 0 Å². The molecule has 0 radical (unpaired) electrons. The Morgan fingerprint density at radius 3 is 2.80 bits per heavy atom. The number of hydrogen-bond acceptors (Lipinski definition) is 5. The van der Waals surface area contributed by atoms with Crippen molar-refractivity contribution in [2.75, 3.05) is 33.2 Å². The highest BCUT2D eigenvalue weighted by Crippen LogP contribution is 1.96. The van der Waals surface area contributed by atoms with Crippen LogP contribution in [-0.2, 0) is 0 Å². The lowest BCUT2D eigenvalue weighted by atomic mass is 10.4. The zero-order valence-corrected chi connectivity index (χ0v) is 8.60. The molecule has 0 bridgehead atoms. The van der Waals surface area contributed by atoms with E-state index in [1.165, 1.54) is 6.33 Å². The molecule has 7 nitrogen and oxygen atoms in total. The fourth-order valence-corrected chi connectivity index (χ4v) is 1.43. The topological polar surface area (TPSA) is 77.2 Å². The molecule has 1 aromatic heterocycles. The van der Waals surface area contributed by atoms with Crippen LogP contribution >= 0.6 is 0 Å². The third-order valence-electron chi connectivity index (χ3n) is 2.39. The summed E-state index contributed by atoms with van der Waals surface area (Å²) in [5, 5.41) is 8.04. The summed E-state index contributed by atoms with van der Waals surface area (Å²) in [6.45, 7) is 3.57. The molecule has 2 N–H and O–H groups in total. The zero-order chi connectivity index (χ0) is 10.7. The summed E-state index contributed by atoms with van der Waals surface area (Å²) in [6.07, 6.45) is 1.32. The Labute approximate surface area is 87.4 Å². The van der Waals surface area contributed by atoms with Gasteiger partial charge in [-0.1, -0.05) is 0 Å². The lowest BCUT2D eigenvalue weighted by Crippen LogP contribution is -2.52.